The number of anilines is 1. The van der Waals surface area contributed by atoms with E-state index in [1.54, 1.807) is 31.2 Å². The number of carbonyl (C=O) groups excluding carboxylic acids is 2. The van der Waals surface area contributed by atoms with Crippen LogP contribution < -0.4 is 10.6 Å². The van der Waals surface area contributed by atoms with Crippen LogP contribution in [0.2, 0.25) is 0 Å². The molecule has 1 aromatic carbocycles. The molecular formula is C14H20N2O3. The van der Waals surface area contributed by atoms with Crippen molar-refractivity contribution in [2.24, 2.45) is 0 Å². The predicted octanol–water partition coefficient (Wildman–Crippen LogP) is 2.78. The molecule has 0 aliphatic rings. The topological polar surface area (TPSA) is 67.4 Å². The molecule has 0 atom stereocenters. The third-order valence-electron chi connectivity index (χ3n) is 2.45. The molecule has 0 bridgehead atoms. The van der Waals surface area contributed by atoms with E-state index in [2.05, 4.69) is 17.6 Å². The molecule has 0 heterocycles. The van der Waals surface area contributed by atoms with Crippen molar-refractivity contribution in [3.8, 4) is 0 Å². The van der Waals surface area contributed by atoms with Crippen LogP contribution in [0.3, 0.4) is 0 Å². The summed E-state index contributed by atoms with van der Waals surface area (Å²) in [5, 5.41) is 5.42. The van der Waals surface area contributed by atoms with Gasteiger partial charge in [0.15, 0.2) is 0 Å². The number of benzene rings is 1. The second kappa shape index (κ2) is 8.13. The fourth-order valence-corrected chi connectivity index (χ4v) is 1.49. The minimum atomic E-state index is -0.391. The van der Waals surface area contributed by atoms with E-state index in [4.69, 9.17) is 4.74 Å². The SMILES string of the molecule is CCCCNC(=O)Nc1cccc(C(=O)OCC)c1. The first-order valence-electron chi connectivity index (χ1n) is 6.49. The Morgan fingerprint density at radius 3 is 2.74 bits per heavy atom. The summed E-state index contributed by atoms with van der Waals surface area (Å²) < 4.78 is 4.90. The fourth-order valence-electron chi connectivity index (χ4n) is 1.49. The van der Waals surface area contributed by atoms with Crippen molar-refractivity contribution in [2.75, 3.05) is 18.5 Å². The molecule has 0 radical (unpaired) electrons. The van der Waals surface area contributed by atoms with Crippen LogP contribution in [0, 0.1) is 0 Å². The highest BCUT2D eigenvalue weighted by atomic mass is 16.5. The Morgan fingerprint density at radius 1 is 1.26 bits per heavy atom. The third kappa shape index (κ3) is 5.42. The van der Waals surface area contributed by atoms with Crippen molar-refractivity contribution in [3.05, 3.63) is 29.8 Å². The highest BCUT2D eigenvalue weighted by Gasteiger charge is 2.08. The first-order chi connectivity index (χ1) is 9.17. The van der Waals surface area contributed by atoms with E-state index in [0.717, 1.165) is 12.8 Å². The van der Waals surface area contributed by atoms with Crippen LogP contribution in [0.15, 0.2) is 24.3 Å². The van der Waals surface area contributed by atoms with Gasteiger partial charge < -0.3 is 15.4 Å². The van der Waals surface area contributed by atoms with E-state index in [1.807, 2.05) is 0 Å². The first kappa shape index (κ1) is 15.0. The molecular weight excluding hydrogens is 244 g/mol. The van der Waals surface area contributed by atoms with Gasteiger partial charge in [-0.25, -0.2) is 9.59 Å². The number of nitrogens with one attached hydrogen (secondary N) is 2. The van der Waals surface area contributed by atoms with Gasteiger partial charge in [-0.2, -0.15) is 0 Å². The summed E-state index contributed by atoms with van der Waals surface area (Å²) >= 11 is 0. The van der Waals surface area contributed by atoms with E-state index in [0.29, 0.717) is 24.4 Å². The Labute approximate surface area is 113 Å². The zero-order valence-corrected chi connectivity index (χ0v) is 11.4. The van der Waals surface area contributed by atoms with E-state index < -0.39 is 5.97 Å². The van der Waals surface area contributed by atoms with Crippen molar-refractivity contribution in [2.45, 2.75) is 26.7 Å². The number of amides is 2. The molecule has 0 fully saturated rings. The molecule has 2 N–H and O–H groups in total. The average Bonchev–Trinajstić information content (AvgIpc) is 2.39. The molecule has 0 aliphatic heterocycles. The monoisotopic (exact) mass is 264 g/mol. The van der Waals surface area contributed by atoms with Crippen LogP contribution in [-0.2, 0) is 4.74 Å². The van der Waals surface area contributed by atoms with Crippen LogP contribution in [-0.4, -0.2) is 25.2 Å². The molecule has 0 saturated carbocycles. The summed E-state index contributed by atoms with van der Waals surface area (Å²) in [5.41, 5.74) is 0.993. The van der Waals surface area contributed by atoms with Gasteiger partial charge in [0.1, 0.15) is 0 Å². The number of rotatable bonds is 6. The Hall–Kier alpha value is -2.04. The highest BCUT2D eigenvalue weighted by molar-refractivity contribution is 5.93. The summed E-state index contributed by atoms with van der Waals surface area (Å²) in [5.74, 6) is -0.391. The average molecular weight is 264 g/mol. The lowest BCUT2D eigenvalue weighted by atomic mass is 10.2. The van der Waals surface area contributed by atoms with Gasteiger partial charge in [0.25, 0.3) is 0 Å². The minimum absolute atomic E-state index is 0.269. The molecule has 19 heavy (non-hydrogen) atoms. The molecule has 0 saturated heterocycles. The van der Waals surface area contributed by atoms with Crippen molar-refractivity contribution in [1.29, 1.82) is 0 Å². The smallest absolute Gasteiger partial charge is 0.338 e. The first-order valence-corrected chi connectivity index (χ1v) is 6.49. The molecule has 5 nitrogen and oxygen atoms in total. The molecule has 1 aromatic rings. The second-order valence-corrected chi connectivity index (χ2v) is 4.04. The molecule has 0 aromatic heterocycles. The van der Waals surface area contributed by atoms with Gasteiger partial charge in [-0.3, -0.25) is 0 Å². The van der Waals surface area contributed by atoms with Crippen LogP contribution >= 0.6 is 0 Å². The fraction of sp³-hybridized carbons (Fsp3) is 0.429. The van der Waals surface area contributed by atoms with E-state index in [-0.39, 0.29) is 6.03 Å². The van der Waals surface area contributed by atoms with Crippen LogP contribution in [0.4, 0.5) is 10.5 Å². The van der Waals surface area contributed by atoms with Gasteiger partial charge in [-0.1, -0.05) is 19.4 Å². The quantitative estimate of drug-likeness (QED) is 0.613. The lowest BCUT2D eigenvalue weighted by Gasteiger charge is -2.08. The Morgan fingerprint density at radius 2 is 2.05 bits per heavy atom. The van der Waals surface area contributed by atoms with Crippen molar-refractivity contribution >= 4 is 17.7 Å². The summed E-state index contributed by atoms with van der Waals surface area (Å²) in [6, 6.07) is 6.40. The van der Waals surface area contributed by atoms with Crippen molar-refractivity contribution in [1.82, 2.24) is 5.32 Å². The summed E-state index contributed by atoms with van der Waals surface area (Å²) in [6.07, 6.45) is 1.97. The van der Waals surface area contributed by atoms with Crippen molar-refractivity contribution < 1.29 is 14.3 Å². The van der Waals surface area contributed by atoms with Gasteiger partial charge in [-0.15, -0.1) is 0 Å². The molecule has 5 heteroatoms. The lowest BCUT2D eigenvalue weighted by molar-refractivity contribution is 0.0526. The molecule has 2 amide bonds. The van der Waals surface area contributed by atoms with Crippen LogP contribution in [0.25, 0.3) is 0 Å². The van der Waals surface area contributed by atoms with E-state index in [9.17, 15) is 9.59 Å². The molecule has 0 aliphatic carbocycles. The van der Waals surface area contributed by atoms with E-state index in [1.165, 1.54) is 0 Å². The maximum atomic E-state index is 11.6. The molecule has 0 unspecified atom stereocenters. The summed E-state index contributed by atoms with van der Waals surface area (Å²) in [6.45, 7) is 4.78. The number of carbonyl (C=O) groups is 2. The zero-order chi connectivity index (χ0) is 14.1. The van der Waals surface area contributed by atoms with Crippen LogP contribution in [0.1, 0.15) is 37.0 Å². The number of esters is 1. The number of hydrogen-bond acceptors (Lipinski definition) is 3. The second-order valence-electron chi connectivity index (χ2n) is 4.04. The van der Waals surface area contributed by atoms with E-state index >= 15 is 0 Å². The highest BCUT2D eigenvalue weighted by Crippen LogP contribution is 2.11. The number of ether oxygens (including phenoxy) is 1. The van der Waals surface area contributed by atoms with Gasteiger partial charge in [-0.05, 0) is 31.5 Å². The Kier molecular flexibility index (Phi) is 6.43. The maximum Gasteiger partial charge on any atom is 0.338 e. The normalized spacial score (nSPS) is 9.79. The van der Waals surface area contributed by atoms with Crippen molar-refractivity contribution in [3.63, 3.8) is 0 Å². The Balaban J connectivity index is 2.56. The summed E-state index contributed by atoms with van der Waals surface area (Å²) in [7, 11) is 0. The van der Waals surface area contributed by atoms with Gasteiger partial charge in [0, 0.05) is 12.2 Å². The zero-order valence-electron chi connectivity index (χ0n) is 11.4. The predicted molar refractivity (Wildman–Crippen MR) is 74.3 cm³/mol. The largest absolute Gasteiger partial charge is 0.462 e. The third-order valence-corrected chi connectivity index (χ3v) is 2.45. The summed E-state index contributed by atoms with van der Waals surface area (Å²) in [4.78, 5) is 23.1. The number of urea groups is 1. The molecule has 1 rings (SSSR count). The molecule has 0 spiro atoms. The lowest BCUT2D eigenvalue weighted by Crippen LogP contribution is -2.29. The van der Waals surface area contributed by atoms with Gasteiger partial charge >= 0.3 is 12.0 Å². The van der Waals surface area contributed by atoms with Crippen LogP contribution in [0.5, 0.6) is 0 Å². The number of unbranched alkanes of at least 4 members (excludes halogenated alkanes) is 1. The minimum Gasteiger partial charge on any atom is -0.462 e. The number of hydrogen-bond donors (Lipinski definition) is 2. The van der Waals surface area contributed by atoms with Gasteiger partial charge in [0.2, 0.25) is 0 Å². The van der Waals surface area contributed by atoms with Gasteiger partial charge in [0.05, 0.1) is 12.2 Å². The Bertz CT molecular complexity index is 432. The maximum absolute atomic E-state index is 11.6. The standard InChI is InChI=1S/C14H20N2O3/c1-3-5-9-15-14(18)16-12-8-6-7-11(10-12)13(17)19-4-2/h6-8,10H,3-5,9H2,1-2H3,(H2,15,16,18). The molecule has 104 valence electrons.